The Morgan fingerprint density at radius 2 is 1.27 bits per heavy atom. The van der Waals surface area contributed by atoms with E-state index in [2.05, 4.69) is 5.32 Å². The fourth-order valence-corrected chi connectivity index (χ4v) is 2.85. The highest BCUT2D eigenvalue weighted by atomic mass is 35.5. The fourth-order valence-electron chi connectivity index (χ4n) is 2.60. The lowest BCUT2D eigenvalue weighted by atomic mass is 9.83. The molecule has 0 aromatic heterocycles. The molecule has 0 atom stereocenters. The van der Waals surface area contributed by atoms with Crippen molar-refractivity contribution in [1.29, 1.82) is 0 Å². The van der Waals surface area contributed by atoms with E-state index in [-0.39, 0.29) is 5.91 Å². The van der Waals surface area contributed by atoms with Crippen LogP contribution >= 0.6 is 23.2 Å². The molecule has 2 aromatic carbocycles. The Hall–Kier alpha value is -2.04. The van der Waals surface area contributed by atoms with Gasteiger partial charge in [-0.1, -0.05) is 47.5 Å². The Balaban J connectivity index is 2.23. The van der Waals surface area contributed by atoms with Crippen LogP contribution in [0.25, 0.3) is 0 Å². The monoisotopic (exact) mass is 334 g/mol. The summed E-state index contributed by atoms with van der Waals surface area (Å²) in [5.41, 5.74) is 0.0185. The molecule has 22 heavy (non-hydrogen) atoms. The SMILES string of the molecule is CN1C(=O)NC(c2ccc(Cl)cc2)(c2ccc(Cl)cc2)C1=O. The number of halogens is 2. The van der Waals surface area contributed by atoms with E-state index in [4.69, 9.17) is 23.2 Å². The van der Waals surface area contributed by atoms with Crippen LogP contribution in [0.1, 0.15) is 11.1 Å². The first-order chi connectivity index (χ1) is 10.4. The molecule has 0 aliphatic carbocycles. The lowest BCUT2D eigenvalue weighted by molar-refractivity contribution is -0.129. The fraction of sp³-hybridized carbons (Fsp3) is 0.125. The average Bonchev–Trinajstić information content (AvgIpc) is 2.74. The second kappa shape index (κ2) is 5.30. The predicted octanol–water partition coefficient (Wildman–Crippen LogP) is 3.42. The Morgan fingerprint density at radius 3 is 1.59 bits per heavy atom. The van der Waals surface area contributed by atoms with Gasteiger partial charge < -0.3 is 5.32 Å². The summed E-state index contributed by atoms with van der Waals surface area (Å²) < 4.78 is 0. The first-order valence-corrected chi connectivity index (χ1v) is 7.33. The van der Waals surface area contributed by atoms with Gasteiger partial charge in [-0.3, -0.25) is 9.69 Å². The van der Waals surface area contributed by atoms with Crippen LogP contribution in [0.2, 0.25) is 10.0 Å². The van der Waals surface area contributed by atoms with Gasteiger partial charge in [0.15, 0.2) is 5.54 Å². The highest BCUT2D eigenvalue weighted by molar-refractivity contribution is 6.31. The third-order valence-electron chi connectivity index (χ3n) is 3.78. The van der Waals surface area contributed by atoms with Gasteiger partial charge in [-0.2, -0.15) is 0 Å². The number of urea groups is 1. The van der Waals surface area contributed by atoms with E-state index in [1.165, 1.54) is 7.05 Å². The number of rotatable bonds is 2. The number of nitrogens with zero attached hydrogens (tertiary/aromatic N) is 1. The van der Waals surface area contributed by atoms with Crippen LogP contribution in [0.3, 0.4) is 0 Å². The molecule has 0 bridgehead atoms. The summed E-state index contributed by atoms with van der Waals surface area (Å²) >= 11 is 11.8. The maximum absolute atomic E-state index is 12.8. The normalized spacial score (nSPS) is 16.8. The zero-order valence-corrected chi connectivity index (χ0v) is 13.2. The molecule has 112 valence electrons. The molecule has 2 aromatic rings. The van der Waals surface area contributed by atoms with Crippen LogP contribution in [0.15, 0.2) is 48.5 Å². The molecule has 3 amide bonds. The quantitative estimate of drug-likeness (QED) is 0.855. The van der Waals surface area contributed by atoms with Crippen LogP contribution in [0.5, 0.6) is 0 Å². The zero-order valence-electron chi connectivity index (χ0n) is 11.6. The molecular weight excluding hydrogens is 323 g/mol. The number of hydrogen-bond donors (Lipinski definition) is 1. The second-order valence-electron chi connectivity index (χ2n) is 5.06. The Morgan fingerprint density at radius 1 is 0.864 bits per heavy atom. The summed E-state index contributed by atoms with van der Waals surface area (Å²) in [5.74, 6) is -0.345. The number of carbonyl (C=O) groups excluding carboxylic acids is 2. The lowest BCUT2D eigenvalue weighted by Crippen LogP contribution is -2.44. The number of amides is 3. The van der Waals surface area contributed by atoms with Crippen molar-refractivity contribution >= 4 is 35.1 Å². The highest BCUT2D eigenvalue weighted by Crippen LogP contribution is 2.36. The summed E-state index contributed by atoms with van der Waals surface area (Å²) in [7, 11) is 1.45. The Labute approximate surface area is 137 Å². The van der Waals surface area contributed by atoms with Gasteiger partial charge in [-0.05, 0) is 35.4 Å². The number of likely N-dealkylation sites (N-methyl/N-ethyl adjacent to an activating group) is 1. The van der Waals surface area contributed by atoms with E-state index in [1.54, 1.807) is 48.5 Å². The predicted molar refractivity (Wildman–Crippen MR) is 85.0 cm³/mol. The number of benzene rings is 2. The summed E-state index contributed by atoms with van der Waals surface area (Å²) in [5, 5.41) is 3.90. The van der Waals surface area contributed by atoms with Crippen LogP contribution in [-0.2, 0) is 10.3 Å². The third-order valence-corrected chi connectivity index (χ3v) is 4.28. The molecule has 1 fully saturated rings. The first kappa shape index (κ1) is 14.9. The second-order valence-corrected chi connectivity index (χ2v) is 5.93. The van der Waals surface area contributed by atoms with Gasteiger partial charge >= 0.3 is 6.03 Å². The van der Waals surface area contributed by atoms with Crippen molar-refractivity contribution in [1.82, 2.24) is 10.2 Å². The maximum Gasteiger partial charge on any atom is 0.325 e. The standard InChI is InChI=1S/C16H12Cl2N2O2/c1-20-14(21)16(19-15(20)22,10-2-6-12(17)7-3-10)11-4-8-13(18)9-5-11/h2-9H,1H3,(H,19,22). The molecule has 0 radical (unpaired) electrons. The number of imide groups is 1. The van der Waals surface area contributed by atoms with E-state index in [0.29, 0.717) is 21.2 Å². The minimum absolute atomic E-state index is 0.345. The molecule has 4 nitrogen and oxygen atoms in total. The number of nitrogens with one attached hydrogen (secondary N) is 1. The minimum Gasteiger partial charge on any atom is -0.316 e. The van der Waals surface area contributed by atoms with Crippen molar-refractivity contribution in [2.24, 2.45) is 0 Å². The number of carbonyl (C=O) groups is 2. The van der Waals surface area contributed by atoms with Crippen molar-refractivity contribution in [3.05, 3.63) is 69.7 Å². The van der Waals surface area contributed by atoms with Crippen molar-refractivity contribution < 1.29 is 9.59 Å². The van der Waals surface area contributed by atoms with Gasteiger partial charge in [0.1, 0.15) is 0 Å². The Kier molecular flexibility index (Phi) is 3.59. The molecule has 1 saturated heterocycles. The summed E-state index contributed by atoms with van der Waals surface area (Å²) in [6.45, 7) is 0. The van der Waals surface area contributed by atoms with Crippen molar-refractivity contribution in [2.45, 2.75) is 5.54 Å². The zero-order chi connectivity index (χ0) is 15.9. The van der Waals surface area contributed by atoms with Gasteiger partial charge in [0, 0.05) is 17.1 Å². The molecule has 1 aliphatic heterocycles. The molecule has 0 saturated carbocycles. The minimum atomic E-state index is -1.26. The van der Waals surface area contributed by atoms with Crippen molar-refractivity contribution in [3.63, 3.8) is 0 Å². The molecule has 1 heterocycles. The van der Waals surface area contributed by atoms with E-state index >= 15 is 0 Å². The van der Waals surface area contributed by atoms with E-state index in [9.17, 15) is 9.59 Å². The van der Waals surface area contributed by atoms with E-state index < -0.39 is 11.6 Å². The molecule has 0 unspecified atom stereocenters. The molecule has 6 heteroatoms. The number of hydrogen-bond acceptors (Lipinski definition) is 2. The third kappa shape index (κ3) is 2.16. The topological polar surface area (TPSA) is 49.4 Å². The van der Waals surface area contributed by atoms with Crippen LogP contribution in [0.4, 0.5) is 4.79 Å². The van der Waals surface area contributed by atoms with Crippen LogP contribution < -0.4 is 5.32 Å². The van der Waals surface area contributed by atoms with Gasteiger partial charge in [-0.15, -0.1) is 0 Å². The van der Waals surface area contributed by atoms with Crippen molar-refractivity contribution in [3.8, 4) is 0 Å². The van der Waals surface area contributed by atoms with Crippen LogP contribution in [-0.4, -0.2) is 23.9 Å². The summed E-state index contributed by atoms with van der Waals surface area (Å²) in [6.07, 6.45) is 0. The van der Waals surface area contributed by atoms with Crippen LogP contribution in [0, 0.1) is 0 Å². The van der Waals surface area contributed by atoms with Gasteiger partial charge in [0.2, 0.25) is 0 Å². The molecule has 0 spiro atoms. The molecule has 3 rings (SSSR count). The smallest absolute Gasteiger partial charge is 0.316 e. The molecular formula is C16H12Cl2N2O2. The van der Waals surface area contributed by atoms with Gasteiger partial charge in [-0.25, -0.2) is 4.79 Å². The summed E-state index contributed by atoms with van der Waals surface area (Å²) in [6, 6.07) is 13.2. The maximum atomic E-state index is 12.8. The molecule has 1 aliphatic rings. The van der Waals surface area contributed by atoms with E-state index in [0.717, 1.165) is 4.90 Å². The summed E-state index contributed by atoms with van der Waals surface area (Å²) in [4.78, 5) is 25.9. The average molecular weight is 335 g/mol. The van der Waals surface area contributed by atoms with Gasteiger partial charge in [0.25, 0.3) is 5.91 Å². The largest absolute Gasteiger partial charge is 0.325 e. The van der Waals surface area contributed by atoms with Crippen molar-refractivity contribution in [2.75, 3.05) is 7.05 Å². The van der Waals surface area contributed by atoms with E-state index in [1.807, 2.05) is 0 Å². The Bertz CT molecular complexity index is 696. The first-order valence-electron chi connectivity index (χ1n) is 6.57. The lowest BCUT2D eigenvalue weighted by Gasteiger charge is -2.27. The van der Waals surface area contributed by atoms with Gasteiger partial charge in [0.05, 0.1) is 0 Å². The highest BCUT2D eigenvalue weighted by Gasteiger charge is 2.52. The molecule has 1 N–H and O–H groups in total.